The smallest absolute Gasteiger partial charge is 0.119 e. The van der Waals surface area contributed by atoms with Crippen LogP contribution in [0.4, 0.5) is 0 Å². The summed E-state index contributed by atoms with van der Waals surface area (Å²) in [6, 6.07) is 5.96. The zero-order valence-electron chi connectivity index (χ0n) is 11.6. The van der Waals surface area contributed by atoms with Crippen LogP contribution in [0.15, 0.2) is 18.2 Å². The van der Waals surface area contributed by atoms with Crippen molar-refractivity contribution in [2.45, 2.75) is 32.8 Å². The number of rotatable bonds is 2. The molecular weight excluding hydrogens is 244 g/mol. The Bertz CT molecular complexity index is 442. The molecule has 0 saturated carbocycles. The minimum Gasteiger partial charge on any atom is -0.497 e. The van der Waals surface area contributed by atoms with Crippen molar-refractivity contribution < 1.29 is 9.84 Å². The van der Waals surface area contributed by atoms with Gasteiger partial charge in [-0.05, 0) is 47.8 Å². The number of methoxy groups -OCH3 is 1. The molecule has 2 nitrogen and oxygen atoms in total. The molecule has 1 aliphatic rings. The molecule has 1 aliphatic heterocycles. The van der Waals surface area contributed by atoms with E-state index in [1.54, 1.807) is 7.11 Å². The van der Waals surface area contributed by atoms with Gasteiger partial charge in [-0.2, -0.15) is 11.8 Å². The van der Waals surface area contributed by atoms with E-state index >= 15 is 0 Å². The average molecular weight is 266 g/mol. The molecule has 0 radical (unpaired) electrons. The molecule has 2 rings (SSSR count). The molecule has 0 aliphatic carbocycles. The molecule has 100 valence electrons. The van der Waals surface area contributed by atoms with Gasteiger partial charge in [-0.3, -0.25) is 0 Å². The van der Waals surface area contributed by atoms with E-state index in [-0.39, 0.29) is 5.41 Å². The lowest BCUT2D eigenvalue weighted by Crippen LogP contribution is -2.47. The fourth-order valence-corrected chi connectivity index (χ4v) is 4.26. The second-order valence-electron chi connectivity index (χ2n) is 5.73. The molecule has 0 bridgehead atoms. The zero-order chi connectivity index (χ0) is 13.4. The van der Waals surface area contributed by atoms with E-state index in [1.165, 1.54) is 0 Å². The van der Waals surface area contributed by atoms with Crippen LogP contribution in [0.3, 0.4) is 0 Å². The lowest BCUT2D eigenvalue weighted by atomic mass is 9.69. The van der Waals surface area contributed by atoms with Crippen molar-refractivity contribution in [3.05, 3.63) is 29.3 Å². The molecule has 1 fully saturated rings. The Kier molecular flexibility index (Phi) is 3.65. The van der Waals surface area contributed by atoms with Gasteiger partial charge in [0.2, 0.25) is 0 Å². The predicted molar refractivity (Wildman–Crippen MR) is 77.4 cm³/mol. The Morgan fingerprint density at radius 2 is 2.06 bits per heavy atom. The lowest BCUT2D eigenvalue weighted by molar-refractivity contribution is -0.0583. The summed E-state index contributed by atoms with van der Waals surface area (Å²) in [6.45, 7) is 6.37. The van der Waals surface area contributed by atoms with Crippen molar-refractivity contribution in [1.82, 2.24) is 0 Å². The molecule has 0 spiro atoms. The molecule has 1 aromatic rings. The maximum Gasteiger partial charge on any atom is 0.119 e. The Morgan fingerprint density at radius 3 is 2.61 bits per heavy atom. The highest BCUT2D eigenvalue weighted by Gasteiger charge is 2.47. The molecule has 0 amide bonds. The summed E-state index contributed by atoms with van der Waals surface area (Å²) in [5.74, 6) is 2.75. The summed E-state index contributed by atoms with van der Waals surface area (Å²) in [5.41, 5.74) is 1.32. The van der Waals surface area contributed by atoms with Gasteiger partial charge in [-0.1, -0.05) is 19.9 Å². The van der Waals surface area contributed by atoms with Crippen LogP contribution >= 0.6 is 11.8 Å². The van der Waals surface area contributed by atoms with Crippen LogP contribution in [0, 0.1) is 12.3 Å². The number of aryl methyl sites for hydroxylation is 1. The van der Waals surface area contributed by atoms with Crippen molar-refractivity contribution in [2.75, 3.05) is 18.6 Å². The number of aliphatic hydroxyl groups is 1. The average Bonchev–Trinajstić information content (AvgIpc) is 2.32. The number of hydrogen-bond donors (Lipinski definition) is 1. The molecule has 1 saturated heterocycles. The van der Waals surface area contributed by atoms with Crippen LogP contribution in [0.25, 0.3) is 0 Å². The van der Waals surface area contributed by atoms with E-state index in [4.69, 9.17) is 4.74 Å². The minimum atomic E-state index is -0.744. The van der Waals surface area contributed by atoms with E-state index in [9.17, 15) is 5.11 Å². The highest BCUT2D eigenvalue weighted by atomic mass is 32.2. The molecular formula is C15H22O2S. The Balaban J connectivity index is 2.46. The Hall–Kier alpha value is -0.670. The van der Waals surface area contributed by atoms with Crippen LogP contribution in [0.1, 0.15) is 31.4 Å². The van der Waals surface area contributed by atoms with Crippen molar-refractivity contribution in [1.29, 1.82) is 0 Å². The van der Waals surface area contributed by atoms with E-state index in [2.05, 4.69) is 13.8 Å². The molecule has 3 heteroatoms. The van der Waals surface area contributed by atoms with Crippen LogP contribution in [-0.4, -0.2) is 23.7 Å². The first-order valence-corrected chi connectivity index (χ1v) is 7.51. The monoisotopic (exact) mass is 266 g/mol. The Morgan fingerprint density at radius 1 is 1.33 bits per heavy atom. The molecule has 1 unspecified atom stereocenters. The molecule has 1 heterocycles. The summed E-state index contributed by atoms with van der Waals surface area (Å²) in [6.07, 6.45) is 1.04. The van der Waals surface area contributed by atoms with Gasteiger partial charge in [-0.25, -0.2) is 0 Å². The SMILES string of the molecule is COc1ccc(C2(O)CSCCC2(C)C)c(C)c1. The van der Waals surface area contributed by atoms with Crippen molar-refractivity contribution in [3.8, 4) is 5.75 Å². The predicted octanol–water partition coefficient (Wildman–Crippen LogP) is 3.35. The fourth-order valence-electron chi connectivity index (χ4n) is 2.62. The third-order valence-electron chi connectivity index (χ3n) is 4.18. The lowest BCUT2D eigenvalue weighted by Gasteiger charge is -2.47. The molecule has 0 aromatic heterocycles. The van der Waals surface area contributed by atoms with E-state index in [1.807, 2.05) is 36.9 Å². The third-order valence-corrected chi connectivity index (χ3v) is 5.30. The van der Waals surface area contributed by atoms with Crippen molar-refractivity contribution >= 4 is 11.8 Å². The second-order valence-corrected chi connectivity index (χ2v) is 6.83. The van der Waals surface area contributed by atoms with Gasteiger partial charge in [0.05, 0.1) is 7.11 Å². The normalized spacial score (nSPS) is 26.9. The maximum absolute atomic E-state index is 11.2. The minimum absolute atomic E-state index is 0.0857. The number of thioether (sulfide) groups is 1. The molecule has 18 heavy (non-hydrogen) atoms. The standard InChI is InChI=1S/C15H22O2S/c1-11-9-12(17-4)5-6-13(11)15(16)10-18-8-7-14(15,2)3/h5-6,9,16H,7-8,10H2,1-4H3. The third kappa shape index (κ3) is 2.14. The number of hydrogen-bond acceptors (Lipinski definition) is 3. The van der Waals surface area contributed by atoms with Crippen molar-refractivity contribution in [2.24, 2.45) is 5.41 Å². The number of benzene rings is 1. The first-order chi connectivity index (χ1) is 8.40. The molecule has 1 aromatic carbocycles. The summed E-state index contributed by atoms with van der Waals surface area (Å²) < 4.78 is 5.24. The fraction of sp³-hybridized carbons (Fsp3) is 0.600. The molecule has 1 N–H and O–H groups in total. The van der Waals surface area contributed by atoms with Gasteiger partial charge in [-0.15, -0.1) is 0 Å². The summed E-state index contributed by atoms with van der Waals surface area (Å²) in [7, 11) is 1.67. The largest absolute Gasteiger partial charge is 0.497 e. The maximum atomic E-state index is 11.2. The van der Waals surface area contributed by atoms with E-state index < -0.39 is 5.60 Å². The van der Waals surface area contributed by atoms with Gasteiger partial charge < -0.3 is 9.84 Å². The van der Waals surface area contributed by atoms with Gasteiger partial charge in [0, 0.05) is 5.75 Å². The van der Waals surface area contributed by atoms with Gasteiger partial charge in [0.1, 0.15) is 11.4 Å². The van der Waals surface area contributed by atoms with Crippen LogP contribution in [0.5, 0.6) is 5.75 Å². The topological polar surface area (TPSA) is 29.5 Å². The van der Waals surface area contributed by atoms with E-state index in [0.29, 0.717) is 0 Å². The molecule has 1 atom stereocenters. The summed E-state index contributed by atoms with van der Waals surface area (Å²) >= 11 is 1.84. The van der Waals surface area contributed by atoms with Gasteiger partial charge in [0.15, 0.2) is 0 Å². The second kappa shape index (κ2) is 4.78. The Labute approximate surface area is 114 Å². The van der Waals surface area contributed by atoms with Gasteiger partial charge in [0.25, 0.3) is 0 Å². The highest BCUT2D eigenvalue weighted by Crippen LogP contribution is 2.49. The van der Waals surface area contributed by atoms with E-state index in [0.717, 1.165) is 34.8 Å². The first kappa shape index (κ1) is 13.8. The van der Waals surface area contributed by atoms with Crippen LogP contribution in [-0.2, 0) is 5.60 Å². The quantitative estimate of drug-likeness (QED) is 0.890. The zero-order valence-corrected chi connectivity index (χ0v) is 12.4. The highest BCUT2D eigenvalue weighted by molar-refractivity contribution is 7.99. The van der Waals surface area contributed by atoms with Crippen molar-refractivity contribution in [3.63, 3.8) is 0 Å². The van der Waals surface area contributed by atoms with Crippen LogP contribution in [0.2, 0.25) is 0 Å². The van der Waals surface area contributed by atoms with Crippen LogP contribution < -0.4 is 4.74 Å². The van der Waals surface area contributed by atoms with Gasteiger partial charge >= 0.3 is 0 Å². The first-order valence-electron chi connectivity index (χ1n) is 6.36. The summed E-state index contributed by atoms with van der Waals surface area (Å²) in [4.78, 5) is 0. The number of ether oxygens (including phenoxy) is 1. The summed E-state index contributed by atoms with van der Waals surface area (Å²) in [5, 5.41) is 11.2.